The molecule has 1 aromatic heterocycles. The quantitative estimate of drug-likeness (QED) is 0.937. The van der Waals surface area contributed by atoms with Crippen LogP contribution in [0.5, 0.6) is 0 Å². The van der Waals surface area contributed by atoms with Crippen molar-refractivity contribution >= 4 is 11.7 Å². The number of nitrogens with one attached hydrogen (secondary N) is 1. The van der Waals surface area contributed by atoms with E-state index in [1.807, 2.05) is 0 Å². The number of hydrogen-bond acceptors (Lipinski definition) is 4. The van der Waals surface area contributed by atoms with Gasteiger partial charge in [-0.2, -0.15) is 0 Å². The molecule has 0 aliphatic carbocycles. The molecule has 0 fully saturated rings. The number of hydrogen-bond donors (Lipinski definition) is 1. The molecule has 2 rings (SSSR count). The maximum Gasteiger partial charge on any atom is 0.273 e. The standard InChI is InChI=1S/C14H14F2N4O/c1-20(2)14(21)12-5-6-13(19-18-12)17-8-9-7-10(15)3-4-11(9)16/h3-7H,8H2,1-2H3,(H,17,19). The Hall–Kier alpha value is -2.57. The fourth-order valence-corrected chi connectivity index (χ4v) is 1.63. The molecule has 5 nitrogen and oxygen atoms in total. The SMILES string of the molecule is CN(C)C(=O)c1ccc(NCc2cc(F)ccc2F)nn1. The molecule has 0 spiro atoms. The fourth-order valence-electron chi connectivity index (χ4n) is 1.63. The summed E-state index contributed by atoms with van der Waals surface area (Å²) in [6, 6.07) is 6.30. The molecular weight excluding hydrogens is 278 g/mol. The molecule has 0 aliphatic heterocycles. The van der Waals surface area contributed by atoms with E-state index in [1.54, 1.807) is 20.2 Å². The Kier molecular flexibility index (Phi) is 4.42. The molecule has 1 aromatic carbocycles. The number of rotatable bonds is 4. The second-order valence-electron chi connectivity index (χ2n) is 4.59. The molecular formula is C14H14F2N4O. The summed E-state index contributed by atoms with van der Waals surface area (Å²) in [5.41, 5.74) is 0.396. The van der Waals surface area contributed by atoms with Crippen LogP contribution >= 0.6 is 0 Å². The molecule has 0 radical (unpaired) electrons. The van der Waals surface area contributed by atoms with Gasteiger partial charge < -0.3 is 10.2 Å². The van der Waals surface area contributed by atoms with Crippen molar-refractivity contribution in [3.05, 3.63) is 53.2 Å². The van der Waals surface area contributed by atoms with E-state index in [2.05, 4.69) is 15.5 Å². The molecule has 1 N–H and O–H groups in total. The van der Waals surface area contributed by atoms with E-state index in [0.717, 1.165) is 18.2 Å². The summed E-state index contributed by atoms with van der Waals surface area (Å²) in [6.45, 7) is 0.0687. The van der Waals surface area contributed by atoms with Gasteiger partial charge in [-0.15, -0.1) is 10.2 Å². The van der Waals surface area contributed by atoms with E-state index in [-0.39, 0.29) is 23.7 Å². The number of amides is 1. The number of benzene rings is 1. The van der Waals surface area contributed by atoms with Crippen molar-refractivity contribution in [2.24, 2.45) is 0 Å². The van der Waals surface area contributed by atoms with E-state index in [4.69, 9.17) is 0 Å². The summed E-state index contributed by atoms with van der Waals surface area (Å²) < 4.78 is 26.5. The van der Waals surface area contributed by atoms with Gasteiger partial charge in [-0.05, 0) is 30.3 Å². The number of anilines is 1. The molecule has 0 atom stereocenters. The second-order valence-corrected chi connectivity index (χ2v) is 4.59. The van der Waals surface area contributed by atoms with E-state index >= 15 is 0 Å². The molecule has 110 valence electrons. The molecule has 0 unspecified atom stereocenters. The zero-order valence-corrected chi connectivity index (χ0v) is 11.6. The highest BCUT2D eigenvalue weighted by atomic mass is 19.1. The Morgan fingerprint density at radius 2 is 1.95 bits per heavy atom. The van der Waals surface area contributed by atoms with Gasteiger partial charge in [-0.1, -0.05) is 0 Å². The van der Waals surface area contributed by atoms with Crippen LogP contribution in [0.25, 0.3) is 0 Å². The number of nitrogens with zero attached hydrogens (tertiary/aromatic N) is 3. The van der Waals surface area contributed by atoms with Crippen LogP contribution < -0.4 is 5.32 Å². The highest BCUT2D eigenvalue weighted by molar-refractivity contribution is 5.91. The van der Waals surface area contributed by atoms with Crippen molar-refractivity contribution in [2.75, 3.05) is 19.4 Å². The summed E-state index contributed by atoms with van der Waals surface area (Å²) >= 11 is 0. The number of aromatic nitrogens is 2. The Morgan fingerprint density at radius 3 is 2.57 bits per heavy atom. The normalized spacial score (nSPS) is 10.3. The van der Waals surface area contributed by atoms with Crippen molar-refractivity contribution in [1.29, 1.82) is 0 Å². The lowest BCUT2D eigenvalue weighted by atomic mass is 10.2. The third-order valence-corrected chi connectivity index (χ3v) is 2.76. The third-order valence-electron chi connectivity index (χ3n) is 2.76. The molecule has 0 bridgehead atoms. The fraction of sp³-hybridized carbons (Fsp3) is 0.214. The van der Waals surface area contributed by atoms with E-state index in [1.165, 1.54) is 11.0 Å². The zero-order chi connectivity index (χ0) is 15.4. The Bertz CT molecular complexity index is 644. The summed E-state index contributed by atoms with van der Waals surface area (Å²) in [6.07, 6.45) is 0. The van der Waals surface area contributed by atoms with Crippen molar-refractivity contribution in [3.8, 4) is 0 Å². The Balaban J connectivity index is 2.04. The van der Waals surface area contributed by atoms with Gasteiger partial charge in [-0.25, -0.2) is 8.78 Å². The van der Waals surface area contributed by atoms with E-state index in [9.17, 15) is 13.6 Å². The second kappa shape index (κ2) is 6.25. The Morgan fingerprint density at radius 1 is 1.19 bits per heavy atom. The topological polar surface area (TPSA) is 58.1 Å². The Labute approximate surface area is 120 Å². The number of carbonyl (C=O) groups excluding carboxylic acids is 1. The van der Waals surface area contributed by atoms with Crippen molar-refractivity contribution in [3.63, 3.8) is 0 Å². The van der Waals surface area contributed by atoms with Crippen LogP contribution in [0.15, 0.2) is 30.3 Å². The van der Waals surface area contributed by atoms with Gasteiger partial charge in [0.25, 0.3) is 5.91 Å². The van der Waals surface area contributed by atoms with Crippen LogP contribution in [0.1, 0.15) is 16.1 Å². The van der Waals surface area contributed by atoms with Gasteiger partial charge in [0.2, 0.25) is 0 Å². The molecule has 2 aromatic rings. The molecule has 0 saturated heterocycles. The molecule has 1 amide bonds. The molecule has 7 heteroatoms. The van der Waals surface area contributed by atoms with Crippen LogP contribution in [0.4, 0.5) is 14.6 Å². The van der Waals surface area contributed by atoms with E-state index < -0.39 is 11.6 Å². The molecule has 21 heavy (non-hydrogen) atoms. The van der Waals surface area contributed by atoms with Gasteiger partial charge in [-0.3, -0.25) is 4.79 Å². The summed E-state index contributed by atoms with van der Waals surface area (Å²) in [5, 5.41) is 10.4. The maximum absolute atomic E-state index is 13.4. The number of halogens is 2. The van der Waals surface area contributed by atoms with Crippen LogP contribution in [-0.2, 0) is 6.54 Å². The largest absolute Gasteiger partial charge is 0.364 e. The lowest BCUT2D eigenvalue weighted by Crippen LogP contribution is -2.23. The minimum Gasteiger partial charge on any atom is -0.364 e. The predicted molar refractivity (Wildman–Crippen MR) is 73.7 cm³/mol. The van der Waals surface area contributed by atoms with E-state index in [0.29, 0.717) is 5.82 Å². The first kappa shape index (κ1) is 14.8. The molecule has 1 heterocycles. The van der Waals surface area contributed by atoms with Gasteiger partial charge in [0.15, 0.2) is 5.69 Å². The van der Waals surface area contributed by atoms with Gasteiger partial charge in [0.1, 0.15) is 17.5 Å². The summed E-state index contributed by atoms with van der Waals surface area (Å²) in [7, 11) is 3.23. The van der Waals surface area contributed by atoms with Crippen molar-refractivity contribution in [1.82, 2.24) is 15.1 Å². The van der Waals surface area contributed by atoms with Crippen molar-refractivity contribution < 1.29 is 13.6 Å². The average Bonchev–Trinajstić information content (AvgIpc) is 2.48. The predicted octanol–water partition coefficient (Wildman–Crippen LogP) is 2.07. The highest BCUT2D eigenvalue weighted by Crippen LogP contribution is 2.12. The summed E-state index contributed by atoms with van der Waals surface area (Å²) in [5.74, 6) is -0.901. The smallest absolute Gasteiger partial charge is 0.273 e. The van der Waals surface area contributed by atoms with Gasteiger partial charge >= 0.3 is 0 Å². The lowest BCUT2D eigenvalue weighted by Gasteiger charge is -2.10. The van der Waals surface area contributed by atoms with Crippen LogP contribution in [-0.4, -0.2) is 35.1 Å². The summed E-state index contributed by atoms with van der Waals surface area (Å²) in [4.78, 5) is 13.0. The lowest BCUT2D eigenvalue weighted by molar-refractivity contribution is 0.0821. The first-order valence-corrected chi connectivity index (χ1v) is 6.20. The molecule has 0 aliphatic rings. The monoisotopic (exact) mass is 292 g/mol. The van der Waals surface area contributed by atoms with Gasteiger partial charge in [0.05, 0.1) is 0 Å². The minimum absolute atomic E-state index is 0.0687. The zero-order valence-electron chi connectivity index (χ0n) is 11.6. The first-order valence-electron chi connectivity index (χ1n) is 6.20. The third kappa shape index (κ3) is 3.71. The first-order chi connectivity index (χ1) is 9.97. The maximum atomic E-state index is 13.4. The number of carbonyl (C=O) groups is 1. The van der Waals surface area contributed by atoms with Crippen LogP contribution in [0.3, 0.4) is 0 Å². The van der Waals surface area contributed by atoms with Crippen LogP contribution in [0, 0.1) is 11.6 Å². The van der Waals surface area contributed by atoms with Crippen molar-refractivity contribution in [2.45, 2.75) is 6.54 Å². The molecule has 0 saturated carbocycles. The minimum atomic E-state index is -0.508. The highest BCUT2D eigenvalue weighted by Gasteiger charge is 2.10. The van der Waals surface area contributed by atoms with Crippen LogP contribution in [0.2, 0.25) is 0 Å². The van der Waals surface area contributed by atoms with Gasteiger partial charge in [0, 0.05) is 26.2 Å². The average molecular weight is 292 g/mol.